The number of benzene rings is 3. The second-order valence-electron chi connectivity index (χ2n) is 9.05. The summed E-state index contributed by atoms with van der Waals surface area (Å²) in [6.45, 7) is 4.56. The third-order valence-corrected chi connectivity index (χ3v) is 6.76. The Morgan fingerprint density at radius 3 is 2.23 bits per heavy atom. The van der Waals surface area contributed by atoms with Gasteiger partial charge < -0.3 is 9.47 Å². The van der Waals surface area contributed by atoms with Crippen LogP contribution in [0.4, 0.5) is 0 Å². The number of amides is 1. The van der Waals surface area contributed by atoms with Crippen molar-refractivity contribution in [1.82, 2.24) is 24.3 Å². The first-order valence-corrected chi connectivity index (χ1v) is 12.1. The molecular formula is C29H27N5O. The minimum atomic E-state index is 0.00622. The quantitative estimate of drug-likeness (QED) is 0.384. The average molecular weight is 462 g/mol. The predicted octanol–water partition coefficient (Wildman–Crippen LogP) is 4.59. The highest BCUT2D eigenvalue weighted by atomic mass is 16.2. The van der Waals surface area contributed by atoms with Crippen molar-refractivity contribution < 1.29 is 4.79 Å². The highest BCUT2D eigenvalue weighted by Gasteiger charge is 2.24. The second-order valence-corrected chi connectivity index (χ2v) is 9.05. The third kappa shape index (κ3) is 4.40. The van der Waals surface area contributed by atoms with Crippen LogP contribution in [-0.4, -0.2) is 56.4 Å². The number of imidazole rings is 1. The van der Waals surface area contributed by atoms with E-state index in [4.69, 9.17) is 4.98 Å². The summed E-state index contributed by atoms with van der Waals surface area (Å²) in [7, 11) is 0. The van der Waals surface area contributed by atoms with Gasteiger partial charge in [-0.3, -0.25) is 9.69 Å². The molecule has 2 aromatic heterocycles. The van der Waals surface area contributed by atoms with Crippen LogP contribution in [0.25, 0.3) is 21.9 Å². The van der Waals surface area contributed by atoms with Gasteiger partial charge in [0, 0.05) is 38.1 Å². The maximum Gasteiger partial charge on any atom is 0.272 e. The minimum Gasteiger partial charge on any atom is -0.335 e. The fourth-order valence-electron chi connectivity index (χ4n) is 4.84. The van der Waals surface area contributed by atoms with Crippen molar-refractivity contribution >= 4 is 27.8 Å². The van der Waals surface area contributed by atoms with E-state index in [0.29, 0.717) is 18.8 Å². The van der Waals surface area contributed by atoms with E-state index in [2.05, 4.69) is 56.9 Å². The molecule has 6 nitrogen and oxygen atoms in total. The molecule has 0 spiro atoms. The SMILES string of the molecule is O=C(c1ccc2ccccc2n1)N1CCN(Cc2nc3ccccc3n2Cc2ccccc2)CC1. The average Bonchev–Trinajstić information content (AvgIpc) is 3.25. The van der Waals surface area contributed by atoms with Gasteiger partial charge in [0.15, 0.2) is 0 Å². The van der Waals surface area contributed by atoms with E-state index in [1.807, 2.05) is 53.4 Å². The molecule has 1 amide bonds. The predicted molar refractivity (Wildman–Crippen MR) is 138 cm³/mol. The Morgan fingerprint density at radius 2 is 1.40 bits per heavy atom. The number of aromatic nitrogens is 3. The molecule has 3 aromatic carbocycles. The van der Waals surface area contributed by atoms with Gasteiger partial charge in [-0.05, 0) is 29.8 Å². The Balaban J connectivity index is 1.16. The van der Waals surface area contributed by atoms with E-state index in [9.17, 15) is 4.79 Å². The van der Waals surface area contributed by atoms with Crippen LogP contribution in [0.2, 0.25) is 0 Å². The number of rotatable bonds is 5. The minimum absolute atomic E-state index is 0.00622. The van der Waals surface area contributed by atoms with E-state index in [1.54, 1.807) is 0 Å². The van der Waals surface area contributed by atoms with Gasteiger partial charge in [0.1, 0.15) is 11.5 Å². The summed E-state index contributed by atoms with van der Waals surface area (Å²) < 4.78 is 2.32. The van der Waals surface area contributed by atoms with Crippen LogP contribution in [0.5, 0.6) is 0 Å². The number of nitrogens with zero attached hydrogens (tertiary/aromatic N) is 5. The number of fused-ring (bicyclic) bond motifs is 2. The molecule has 0 N–H and O–H groups in total. The maximum atomic E-state index is 13.1. The third-order valence-electron chi connectivity index (χ3n) is 6.76. The number of carbonyl (C=O) groups excluding carboxylic acids is 1. The smallest absolute Gasteiger partial charge is 0.272 e. The monoisotopic (exact) mass is 461 g/mol. The molecular weight excluding hydrogens is 434 g/mol. The molecule has 1 aliphatic heterocycles. The molecule has 6 heteroatoms. The van der Waals surface area contributed by atoms with E-state index >= 15 is 0 Å². The zero-order valence-electron chi connectivity index (χ0n) is 19.5. The van der Waals surface area contributed by atoms with Gasteiger partial charge in [-0.15, -0.1) is 0 Å². The number of para-hydroxylation sites is 3. The van der Waals surface area contributed by atoms with Crippen molar-refractivity contribution in [2.75, 3.05) is 26.2 Å². The zero-order valence-corrected chi connectivity index (χ0v) is 19.5. The zero-order chi connectivity index (χ0) is 23.6. The largest absolute Gasteiger partial charge is 0.335 e. The molecule has 0 atom stereocenters. The van der Waals surface area contributed by atoms with Crippen molar-refractivity contribution in [3.63, 3.8) is 0 Å². The summed E-state index contributed by atoms with van der Waals surface area (Å²) in [4.78, 5) is 27.0. The van der Waals surface area contributed by atoms with Crippen molar-refractivity contribution in [3.8, 4) is 0 Å². The van der Waals surface area contributed by atoms with Crippen molar-refractivity contribution in [2.45, 2.75) is 13.1 Å². The summed E-state index contributed by atoms with van der Waals surface area (Å²) in [6, 6.07) is 30.6. The molecule has 6 rings (SSSR count). The number of hydrogen-bond acceptors (Lipinski definition) is 4. The van der Waals surface area contributed by atoms with E-state index in [0.717, 1.165) is 53.9 Å². The lowest BCUT2D eigenvalue weighted by molar-refractivity contribution is 0.0619. The number of carbonyl (C=O) groups is 1. The summed E-state index contributed by atoms with van der Waals surface area (Å²) in [5, 5.41) is 1.05. The number of pyridine rings is 1. The first-order chi connectivity index (χ1) is 17.2. The first kappa shape index (κ1) is 21.5. The van der Waals surface area contributed by atoms with Gasteiger partial charge in [0.2, 0.25) is 0 Å². The van der Waals surface area contributed by atoms with Gasteiger partial charge in [0.25, 0.3) is 5.91 Å². The first-order valence-electron chi connectivity index (χ1n) is 12.1. The molecule has 1 fully saturated rings. The molecule has 0 unspecified atom stereocenters. The van der Waals surface area contributed by atoms with E-state index in [1.165, 1.54) is 5.56 Å². The Hall–Kier alpha value is -4.03. The number of piperazine rings is 1. The van der Waals surface area contributed by atoms with Crippen molar-refractivity contribution in [1.29, 1.82) is 0 Å². The molecule has 0 saturated carbocycles. The number of hydrogen-bond donors (Lipinski definition) is 0. The van der Waals surface area contributed by atoms with E-state index in [-0.39, 0.29) is 5.91 Å². The van der Waals surface area contributed by atoms with Crippen LogP contribution in [0.1, 0.15) is 21.9 Å². The van der Waals surface area contributed by atoms with Gasteiger partial charge in [-0.25, -0.2) is 9.97 Å². The standard InChI is InChI=1S/C29H27N5O/c35-29(26-15-14-23-10-4-5-11-24(23)30-26)33-18-16-32(17-19-33)21-28-31-25-12-6-7-13-27(25)34(28)20-22-8-2-1-3-9-22/h1-15H,16-21H2. The van der Waals surface area contributed by atoms with Crippen molar-refractivity contribution in [3.05, 3.63) is 108 Å². The summed E-state index contributed by atoms with van der Waals surface area (Å²) in [5.41, 5.74) is 4.81. The second kappa shape index (κ2) is 9.31. The lowest BCUT2D eigenvalue weighted by Gasteiger charge is -2.34. The maximum absolute atomic E-state index is 13.1. The van der Waals surface area contributed by atoms with Crippen LogP contribution in [-0.2, 0) is 13.1 Å². The Bertz CT molecular complexity index is 1490. The summed E-state index contributed by atoms with van der Waals surface area (Å²) in [6.07, 6.45) is 0. The van der Waals surface area contributed by atoms with E-state index < -0.39 is 0 Å². The van der Waals surface area contributed by atoms with Gasteiger partial charge in [-0.2, -0.15) is 0 Å². The van der Waals surface area contributed by atoms with Crippen LogP contribution in [0.15, 0.2) is 91.0 Å². The Labute approximate surface area is 204 Å². The molecule has 0 radical (unpaired) electrons. The highest BCUT2D eigenvalue weighted by Crippen LogP contribution is 2.20. The molecule has 35 heavy (non-hydrogen) atoms. The molecule has 174 valence electrons. The molecule has 3 heterocycles. The normalized spacial score (nSPS) is 14.6. The molecule has 1 saturated heterocycles. The lowest BCUT2D eigenvalue weighted by Crippen LogP contribution is -2.48. The summed E-state index contributed by atoms with van der Waals surface area (Å²) in [5.74, 6) is 1.07. The van der Waals surface area contributed by atoms with Gasteiger partial charge >= 0.3 is 0 Å². The topological polar surface area (TPSA) is 54.3 Å². The Kier molecular flexibility index (Phi) is 5.72. The van der Waals surface area contributed by atoms with Crippen LogP contribution >= 0.6 is 0 Å². The molecule has 0 aliphatic carbocycles. The fourth-order valence-corrected chi connectivity index (χ4v) is 4.84. The van der Waals surface area contributed by atoms with Gasteiger partial charge in [0.05, 0.1) is 23.1 Å². The highest BCUT2D eigenvalue weighted by molar-refractivity contribution is 5.95. The van der Waals surface area contributed by atoms with Crippen molar-refractivity contribution in [2.24, 2.45) is 0 Å². The van der Waals surface area contributed by atoms with Gasteiger partial charge in [-0.1, -0.05) is 66.7 Å². The fraction of sp³-hybridized carbons (Fsp3) is 0.207. The molecule has 5 aromatic rings. The lowest BCUT2D eigenvalue weighted by atomic mass is 10.2. The van der Waals surface area contributed by atoms with Crippen LogP contribution in [0, 0.1) is 0 Å². The molecule has 1 aliphatic rings. The Morgan fingerprint density at radius 1 is 0.686 bits per heavy atom. The van der Waals surface area contributed by atoms with Crippen LogP contribution < -0.4 is 0 Å². The van der Waals surface area contributed by atoms with Crippen LogP contribution in [0.3, 0.4) is 0 Å². The molecule has 0 bridgehead atoms. The summed E-state index contributed by atoms with van der Waals surface area (Å²) >= 11 is 0.